The van der Waals surface area contributed by atoms with Crippen LogP contribution in [0.4, 0.5) is 0 Å². The van der Waals surface area contributed by atoms with Crippen molar-refractivity contribution in [1.29, 1.82) is 0 Å². The molecule has 0 saturated heterocycles. The van der Waals surface area contributed by atoms with Crippen molar-refractivity contribution in [2.75, 3.05) is 89.7 Å². The quantitative estimate of drug-likeness (QED) is 0.0516. The summed E-state index contributed by atoms with van der Waals surface area (Å²) in [5.41, 5.74) is 0. The van der Waals surface area contributed by atoms with Gasteiger partial charge in [-0.3, -0.25) is 24.0 Å². The van der Waals surface area contributed by atoms with Crippen molar-refractivity contribution in [1.82, 2.24) is 26.6 Å². The van der Waals surface area contributed by atoms with Crippen molar-refractivity contribution < 1.29 is 42.9 Å². The van der Waals surface area contributed by atoms with E-state index in [0.29, 0.717) is 78.5 Å². The topological polar surface area (TPSA) is 182 Å². The molecule has 256 valence electrons. The summed E-state index contributed by atoms with van der Waals surface area (Å²) >= 11 is 6.13. The van der Waals surface area contributed by atoms with Crippen LogP contribution in [0.3, 0.4) is 0 Å². The normalized spacial score (nSPS) is 11.4. The van der Waals surface area contributed by atoms with Crippen molar-refractivity contribution in [2.24, 2.45) is 0 Å². The molecule has 0 bridgehead atoms. The molecule has 14 nitrogen and oxygen atoms in total. The summed E-state index contributed by atoms with van der Waals surface area (Å²) in [6.07, 6.45) is 4.66. The van der Waals surface area contributed by atoms with Gasteiger partial charge in [-0.05, 0) is 19.3 Å². The van der Waals surface area contributed by atoms with Crippen LogP contribution in [0, 0.1) is 0 Å². The molecule has 0 radical (unpaired) electrons. The summed E-state index contributed by atoms with van der Waals surface area (Å²) in [4.78, 5) is 59.0. The molecular weight excluding hydrogens is 710 g/mol. The molecule has 16 heteroatoms. The third kappa shape index (κ3) is 27.7. The Morgan fingerprint density at radius 1 is 0.545 bits per heavy atom. The van der Waals surface area contributed by atoms with Crippen molar-refractivity contribution in [3.05, 3.63) is 0 Å². The Hall–Kier alpha value is -1.85. The minimum absolute atomic E-state index is 0.00608. The number of ether oxygens (including phenoxy) is 4. The van der Waals surface area contributed by atoms with Crippen LogP contribution in [0.2, 0.25) is 0 Å². The summed E-state index contributed by atoms with van der Waals surface area (Å²) in [7, 11) is 0. The lowest BCUT2D eigenvalue weighted by Gasteiger charge is -2.18. The predicted molar refractivity (Wildman–Crippen MR) is 173 cm³/mol. The highest BCUT2D eigenvalue weighted by molar-refractivity contribution is 9.09. The van der Waals surface area contributed by atoms with E-state index in [4.69, 9.17) is 18.9 Å². The average molecular weight is 762 g/mol. The number of hydrogen-bond acceptors (Lipinski definition) is 9. The first kappa shape index (κ1) is 42.1. The van der Waals surface area contributed by atoms with E-state index in [1.54, 1.807) is 0 Å². The van der Waals surface area contributed by atoms with Gasteiger partial charge in [0.05, 0.1) is 63.5 Å². The SMILES string of the molecule is CCCCCNC(=O)CCOCCOCCNC(=O)CCOCCOCCNC(=O)[C@H](CCCNC(=O)CBr)NC(=O)CBr. The molecule has 0 aliphatic rings. The fraction of sp³-hybridized carbons (Fsp3) is 0.821. The van der Waals surface area contributed by atoms with Crippen LogP contribution >= 0.6 is 31.9 Å². The van der Waals surface area contributed by atoms with Gasteiger partial charge in [-0.2, -0.15) is 0 Å². The molecule has 0 heterocycles. The molecule has 5 amide bonds. The van der Waals surface area contributed by atoms with E-state index in [-0.39, 0.29) is 66.4 Å². The second-order valence-electron chi connectivity index (χ2n) is 9.53. The maximum atomic E-state index is 12.5. The van der Waals surface area contributed by atoms with E-state index in [1.807, 2.05) is 0 Å². The average Bonchev–Trinajstić information content (AvgIpc) is 3.02. The molecular formula is C28H51Br2N5O9. The van der Waals surface area contributed by atoms with Gasteiger partial charge in [0.15, 0.2) is 0 Å². The molecule has 0 fully saturated rings. The highest BCUT2D eigenvalue weighted by Gasteiger charge is 2.19. The van der Waals surface area contributed by atoms with Crippen LogP contribution in [0.15, 0.2) is 0 Å². The minimum atomic E-state index is -0.716. The number of rotatable bonds is 30. The number of alkyl halides is 2. The zero-order chi connectivity index (χ0) is 32.7. The van der Waals surface area contributed by atoms with Gasteiger partial charge in [-0.1, -0.05) is 51.6 Å². The fourth-order valence-corrected chi connectivity index (χ4v) is 3.83. The van der Waals surface area contributed by atoms with E-state index in [9.17, 15) is 24.0 Å². The van der Waals surface area contributed by atoms with Gasteiger partial charge in [-0.15, -0.1) is 0 Å². The fourth-order valence-electron chi connectivity index (χ4n) is 3.47. The lowest BCUT2D eigenvalue weighted by molar-refractivity contribution is -0.128. The zero-order valence-electron chi connectivity index (χ0n) is 25.9. The molecule has 0 unspecified atom stereocenters. The summed E-state index contributed by atoms with van der Waals surface area (Å²) in [5.74, 6) is -0.935. The van der Waals surface area contributed by atoms with E-state index >= 15 is 0 Å². The van der Waals surface area contributed by atoms with Crippen LogP contribution in [0.5, 0.6) is 0 Å². The van der Waals surface area contributed by atoms with Gasteiger partial charge in [0.2, 0.25) is 29.5 Å². The highest BCUT2D eigenvalue weighted by atomic mass is 79.9. The predicted octanol–water partition coefficient (Wildman–Crippen LogP) is 0.543. The minimum Gasteiger partial charge on any atom is -0.379 e. The molecule has 0 rings (SSSR count). The Labute approximate surface area is 277 Å². The zero-order valence-corrected chi connectivity index (χ0v) is 29.0. The summed E-state index contributed by atoms with van der Waals surface area (Å²) in [5, 5.41) is 14.0. The van der Waals surface area contributed by atoms with Gasteiger partial charge in [0.1, 0.15) is 6.04 Å². The smallest absolute Gasteiger partial charge is 0.242 e. The molecule has 0 aromatic heterocycles. The number of carbonyl (C=O) groups excluding carboxylic acids is 5. The Bertz CT molecular complexity index is 797. The van der Waals surface area contributed by atoms with E-state index in [1.165, 1.54) is 0 Å². The third-order valence-electron chi connectivity index (χ3n) is 5.79. The Kier molecular flexibility index (Phi) is 29.8. The number of amides is 5. The van der Waals surface area contributed by atoms with Crippen LogP contribution in [0.25, 0.3) is 0 Å². The highest BCUT2D eigenvalue weighted by Crippen LogP contribution is 1.99. The Balaban J connectivity index is 3.67. The molecule has 5 N–H and O–H groups in total. The number of unbranched alkanes of at least 4 members (excludes halogenated alkanes) is 2. The summed E-state index contributed by atoms with van der Waals surface area (Å²) in [6.45, 7) is 6.44. The lowest BCUT2D eigenvalue weighted by Crippen LogP contribution is -2.48. The van der Waals surface area contributed by atoms with Gasteiger partial charge in [0.25, 0.3) is 0 Å². The third-order valence-corrected chi connectivity index (χ3v) is 6.81. The second kappa shape index (κ2) is 31.1. The molecule has 1 atom stereocenters. The first-order chi connectivity index (χ1) is 21.3. The summed E-state index contributed by atoms with van der Waals surface area (Å²) in [6, 6.07) is -0.716. The number of carbonyl (C=O) groups is 5. The van der Waals surface area contributed by atoms with Crippen LogP contribution in [-0.2, 0) is 42.9 Å². The van der Waals surface area contributed by atoms with Crippen molar-refractivity contribution in [3.8, 4) is 0 Å². The Morgan fingerprint density at radius 3 is 1.57 bits per heavy atom. The first-order valence-corrected chi connectivity index (χ1v) is 17.4. The number of nitrogens with one attached hydrogen (secondary N) is 5. The first-order valence-electron chi connectivity index (χ1n) is 15.1. The molecule has 44 heavy (non-hydrogen) atoms. The van der Waals surface area contributed by atoms with Crippen LogP contribution in [-0.4, -0.2) is 125 Å². The number of halogens is 2. The van der Waals surface area contributed by atoms with E-state index in [0.717, 1.165) is 19.3 Å². The van der Waals surface area contributed by atoms with Crippen LogP contribution in [0.1, 0.15) is 51.9 Å². The molecule has 0 saturated carbocycles. The van der Waals surface area contributed by atoms with E-state index in [2.05, 4.69) is 65.4 Å². The monoisotopic (exact) mass is 759 g/mol. The molecule has 0 spiro atoms. The largest absolute Gasteiger partial charge is 0.379 e. The molecule has 0 aliphatic carbocycles. The molecule has 0 aromatic rings. The maximum Gasteiger partial charge on any atom is 0.242 e. The van der Waals surface area contributed by atoms with Gasteiger partial charge in [-0.25, -0.2) is 0 Å². The molecule has 0 aliphatic heterocycles. The number of hydrogen-bond donors (Lipinski definition) is 5. The Morgan fingerprint density at radius 2 is 1.02 bits per heavy atom. The standard InChI is InChI=1S/C28H51Br2N5O9/c1-2-3-4-9-31-24(36)7-13-41-17-19-43-15-11-33-25(37)8-14-42-18-20-44-16-12-34-28(40)23(35-27(39)22-30)6-5-10-32-26(38)21-29/h23H,2-22H2,1H3,(H,31,36)(H,32,38)(H,33,37)(H,34,40)(H,35,39)/t23-/m0/s1. The molecule has 0 aromatic carbocycles. The van der Waals surface area contributed by atoms with Crippen molar-refractivity contribution in [3.63, 3.8) is 0 Å². The van der Waals surface area contributed by atoms with Crippen molar-refractivity contribution in [2.45, 2.75) is 57.9 Å². The lowest BCUT2D eigenvalue weighted by atomic mass is 10.1. The van der Waals surface area contributed by atoms with E-state index < -0.39 is 6.04 Å². The van der Waals surface area contributed by atoms with Gasteiger partial charge < -0.3 is 45.5 Å². The van der Waals surface area contributed by atoms with Crippen molar-refractivity contribution >= 4 is 61.4 Å². The second-order valence-corrected chi connectivity index (χ2v) is 10.6. The van der Waals surface area contributed by atoms with Crippen LogP contribution < -0.4 is 26.6 Å². The van der Waals surface area contributed by atoms with Gasteiger partial charge in [0, 0.05) is 39.0 Å². The van der Waals surface area contributed by atoms with Gasteiger partial charge >= 0.3 is 0 Å². The summed E-state index contributed by atoms with van der Waals surface area (Å²) < 4.78 is 21.6. The maximum absolute atomic E-state index is 12.5.